The van der Waals surface area contributed by atoms with Crippen LogP contribution >= 0.6 is 11.8 Å². The molecule has 0 saturated carbocycles. The summed E-state index contributed by atoms with van der Waals surface area (Å²) in [5.74, 6) is -0.115. The zero-order valence-electron chi connectivity index (χ0n) is 19.1. The summed E-state index contributed by atoms with van der Waals surface area (Å²) in [6.45, 7) is 5.88. The van der Waals surface area contributed by atoms with Gasteiger partial charge in [0, 0.05) is 23.4 Å². The highest BCUT2D eigenvalue weighted by Crippen LogP contribution is 2.23. The molecule has 3 N–H and O–H groups in total. The predicted molar refractivity (Wildman–Crippen MR) is 130 cm³/mol. The zero-order valence-corrected chi connectivity index (χ0v) is 19.9. The Kier molecular flexibility index (Phi) is 8.36. The molecule has 0 aliphatic heterocycles. The predicted octanol–water partition coefficient (Wildman–Crippen LogP) is 4.13. The maximum absolute atomic E-state index is 12.7. The van der Waals surface area contributed by atoms with Gasteiger partial charge in [0.25, 0.3) is 11.6 Å². The summed E-state index contributed by atoms with van der Waals surface area (Å²) in [5.41, 5.74) is 1.93. The van der Waals surface area contributed by atoms with Crippen molar-refractivity contribution in [3.8, 4) is 0 Å². The number of hydrogen-bond donors (Lipinski definition) is 3. The third-order valence-electron chi connectivity index (χ3n) is 5.03. The number of anilines is 1. The number of carbonyl (C=O) groups is 2. The third-order valence-corrected chi connectivity index (χ3v) is 5.87. The number of aromatic amines is 1. The maximum Gasteiger partial charge on any atom is 0.270 e. The number of nitro benzene ring substituents is 1. The fourth-order valence-electron chi connectivity index (χ4n) is 3.15. The van der Waals surface area contributed by atoms with Crippen molar-refractivity contribution in [2.75, 3.05) is 11.1 Å². The van der Waals surface area contributed by atoms with Crippen LogP contribution in [0.5, 0.6) is 0 Å². The molecule has 0 radical (unpaired) electrons. The van der Waals surface area contributed by atoms with Crippen LogP contribution in [0.1, 0.15) is 48.6 Å². The van der Waals surface area contributed by atoms with Gasteiger partial charge >= 0.3 is 0 Å². The van der Waals surface area contributed by atoms with E-state index in [4.69, 9.17) is 0 Å². The molecule has 34 heavy (non-hydrogen) atoms. The van der Waals surface area contributed by atoms with Crippen molar-refractivity contribution < 1.29 is 14.5 Å². The van der Waals surface area contributed by atoms with Gasteiger partial charge in [0.15, 0.2) is 0 Å². The molecule has 1 heterocycles. The highest BCUT2D eigenvalue weighted by atomic mass is 32.2. The van der Waals surface area contributed by atoms with E-state index in [1.54, 1.807) is 0 Å². The van der Waals surface area contributed by atoms with Gasteiger partial charge in [0.1, 0.15) is 5.82 Å². The Bertz CT molecular complexity index is 1160. The number of hydrogen-bond acceptors (Lipinski definition) is 7. The number of carbonyl (C=O) groups excluding carboxylic acids is 2. The molecule has 10 nitrogen and oxygen atoms in total. The van der Waals surface area contributed by atoms with Crippen LogP contribution in [0.3, 0.4) is 0 Å². The molecule has 2 aromatic carbocycles. The van der Waals surface area contributed by atoms with E-state index in [0.29, 0.717) is 11.0 Å². The molecule has 11 heteroatoms. The molecular weight excluding hydrogens is 456 g/mol. The first kappa shape index (κ1) is 24.9. The van der Waals surface area contributed by atoms with E-state index < -0.39 is 16.9 Å². The van der Waals surface area contributed by atoms with Crippen LogP contribution in [0.15, 0.2) is 53.7 Å². The molecule has 3 rings (SSSR count). The normalized spacial score (nSPS) is 11.8. The number of nitrogens with one attached hydrogen (secondary N) is 3. The van der Waals surface area contributed by atoms with Gasteiger partial charge in [-0.15, -0.1) is 5.10 Å². The van der Waals surface area contributed by atoms with Crippen molar-refractivity contribution in [2.45, 2.75) is 38.4 Å². The monoisotopic (exact) mass is 482 g/mol. The van der Waals surface area contributed by atoms with E-state index in [1.807, 2.05) is 38.1 Å². The second-order valence-corrected chi connectivity index (χ2v) is 8.84. The minimum absolute atomic E-state index is 0.0390. The van der Waals surface area contributed by atoms with E-state index in [1.165, 1.54) is 41.6 Å². The molecule has 0 fully saturated rings. The van der Waals surface area contributed by atoms with Gasteiger partial charge in [0.05, 0.1) is 16.7 Å². The molecule has 1 atom stereocenters. The molecule has 3 aromatic rings. The molecule has 0 aliphatic carbocycles. The summed E-state index contributed by atoms with van der Waals surface area (Å²) in [4.78, 5) is 39.8. The molecule has 2 amide bonds. The highest BCUT2D eigenvalue weighted by molar-refractivity contribution is 7.99. The standard InChI is InChI=1S/C23H26N6O4S/c1-4-15-8-10-17(11-9-15)24-19(30)13-34-23-26-21(27-28-23)20(14(2)3)25-22(31)16-6-5-7-18(12-16)29(32)33/h5-12,14,20H,4,13H2,1-3H3,(H,24,30)(H,25,31)(H,26,27,28)/t20-/m0/s1. The highest BCUT2D eigenvalue weighted by Gasteiger charge is 2.24. The van der Waals surface area contributed by atoms with Gasteiger partial charge in [-0.05, 0) is 36.1 Å². The molecular formula is C23H26N6O4S. The summed E-state index contributed by atoms with van der Waals surface area (Å²) < 4.78 is 0. The van der Waals surface area contributed by atoms with Crippen molar-refractivity contribution in [2.24, 2.45) is 5.92 Å². The lowest BCUT2D eigenvalue weighted by atomic mass is 10.0. The number of nitrogens with zero attached hydrogens (tertiary/aromatic N) is 3. The second-order valence-electron chi connectivity index (χ2n) is 7.89. The zero-order chi connectivity index (χ0) is 24.7. The third kappa shape index (κ3) is 6.64. The number of aryl methyl sites for hydroxylation is 1. The molecule has 0 saturated heterocycles. The molecule has 0 bridgehead atoms. The average molecular weight is 483 g/mol. The van der Waals surface area contributed by atoms with Crippen LogP contribution in [0.25, 0.3) is 0 Å². The quantitative estimate of drug-likeness (QED) is 0.224. The smallest absolute Gasteiger partial charge is 0.270 e. The summed E-state index contributed by atoms with van der Waals surface area (Å²) >= 11 is 1.17. The number of rotatable bonds is 10. The van der Waals surface area contributed by atoms with E-state index in [9.17, 15) is 19.7 Å². The SMILES string of the molecule is CCc1ccc(NC(=O)CSc2n[nH]c([C@@H](NC(=O)c3cccc([N+](=O)[O-])c3)C(C)C)n2)cc1. The maximum atomic E-state index is 12.7. The lowest BCUT2D eigenvalue weighted by molar-refractivity contribution is -0.384. The van der Waals surface area contributed by atoms with Crippen LogP contribution in [0.4, 0.5) is 11.4 Å². The lowest BCUT2D eigenvalue weighted by Crippen LogP contribution is -2.32. The van der Waals surface area contributed by atoms with Crippen molar-refractivity contribution in [3.05, 3.63) is 75.6 Å². The van der Waals surface area contributed by atoms with Crippen molar-refractivity contribution in [1.82, 2.24) is 20.5 Å². The fraction of sp³-hybridized carbons (Fsp3) is 0.304. The lowest BCUT2D eigenvalue weighted by Gasteiger charge is -2.19. The van der Waals surface area contributed by atoms with Crippen molar-refractivity contribution in [3.63, 3.8) is 0 Å². The van der Waals surface area contributed by atoms with E-state index in [2.05, 4.69) is 32.7 Å². The first-order valence-electron chi connectivity index (χ1n) is 10.8. The van der Waals surface area contributed by atoms with Crippen LogP contribution < -0.4 is 10.6 Å². The number of thioether (sulfide) groups is 1. The van der Waals surface area contributed by atoms with Gasteiger partial charge < -0.3 is 10.6 Å². The average Bonchev–Trinajstić information content (AvgIpc) is 3.30. The molecule has 1 aromatic heterocycles. The van der Waals surface area contributed by atoms with Gasteiger partial charge in [-0.3, -0.25) is 24.8 Å². The summed E-state index contributed by atoms with van der Waals surface area (Å²) in [6, 6.07) is 12.7. The van der Waals surface area contributed by atoms with Crippen molar-refractivity contribution >= 4 is 35.0 Å². The van der Waals surface area contributed by atoms with Gasteiger partial charge in [-0.25, -0.2) is 4.98 Å². The Labute approximate surface area is 201 Å². The number of aromatic nitrogens is 3. The Balaban J connectivity index is 1.60. The van der Waals surface area contributed by atoms with Crippen LogP contribution in [0.2, 0.25) is 0 Å². The van der Waals surface area contributed by atoms with E-state index in [0.717, 1.165) is 12.1 Å². The molecule has 178 valence electrons. The number of amides is 2. The molecule has 0 unspecified atom stereocenters. The van der Waals surface area contributed by atoms with Gasteiger partial charge in [-0.1, -0.05) is 50.7 Å². The second kappa shape index (κ2) is 11.4. The van der Waals surface area contributed by atoms with E-state index in [-0.39, 0.29) is 28.8 Å². The van der Waals surface area contributed by atoms with Gasteiger partial charge in [-0.2, -0.15) is 0 Å². The Morgan fingerprint density at radius 1 is 1.18 bits per heavy atom. The number of H-pyrrole nitrogens is 1. The van der Waals surface area contributed by atoms with E-state index >= 15 is 0 Å². The molecule has 0 spiro atoms. The largest absolute Gasteiger partial charge is 0.342 e. The minimum Gasteiger partial charge on any atom is -0.342 e. The Morgan fingerprint density at radius 3 is 2.56 bits per heavy atom. The van der Waals surface area contributed by atoms with Gasteiger partial charge in [0.2, 0.25) is 11.1 Å². The molecule has 0 aliphatic rings. The van der Waals surface area contributed by atoms with Crippen LogP contribution in [-0.4, -0.2) is 37.7 Å². The number of nitro groups is 1. The Hall–Kier alpha value is -3.73. The summed E-state index contributed by atoms with van der Waals surface area (Å²) in [7, 11) is 0. The van der Waals surface area contributed by atoms with Crippen molar-refractivity contribution in [1.29, 1.82) is 0 Å². The first-order chi connectivity index (χ1) is 16.3. The first-order valence-corrected chi connectivity index (χ1v) is 11.7. The fourth-order valence-corrected chi connectivity index (χ4v) is 3.75. The Morgan fingerprint density at radius 2 is 1.91 bits per heavy atom. The topological polar surface area (TPSA) is 143 Å². The summed E-state index contributed by atoms with van der Waals surface area (Å²) in [6.07, 6.45) is 0.931. The minimum atomic E-state index is -0.549. The van der Waals surface area contributed by atoms with Crippen LogP contribution in [-0.2, 0) is 11.2 Å². The number of non-ortho nitro benzene ring substituents is 1. The number of benzene rings is 2. The van der Waals surface area contributed by atoms with Crippen LogP contribution in [0, 0.1) is 16.0 Å². The summed E-state index contributed by atoms with van der Waals surface area (Å²) in [5, 5.41) is 24.0.